The van der Waals surface area contributed by atoms with E-state index in [4.69, 9.17) is 5.73 Å². The number of aromatic nitrogens is 3. The van der Waals surface area contributed by atoms with Crippen LogP contribution in [0.3, 0.4) is 0 Å². The molecule has 0 aliphatic carbocycles. The molecule has 0 aromatic carbocycles. The Morgan fingerprint density at radius 2 is 2.38 bits per heavy atom. The van der Waals surface area contributed by atoms with Crippen molar-refractivity contribution in [3.05, 3.63) is 22.4 Å². The van der Waals surface area contributed by atoms with Crippen molar-refractivity contribution in [3.63, 3.8) is 0 Å². The minimum Gasteiger partial charge on any atom is -0.382 e. The van der Waals surface area contributed by atoms with Gasteiger partial charge in [0.15, 0.2) is 11.5 Å². The van der Waals surface area contributed by atoms with E-state index in [2.05, 4.69) is 15.2 Å². The smallest absolute Gasteiger partial charge is 0.288 e. The third-order valence-electron chi connectivity index (χ3n) is 1.64. The number of H-pyrrole nitrogens is 1. The number of fused-ring (bicyclic) bond motifs is 1. The van der Waals surface area contributed by atoms with E-state index in [-0.39, 0.29) is 11.5 Å². The first kappa shape index (κ1) is 7.47. The average Bonchev–Trinajstić information content (AvgIpc) is 2.47. The molecule has 0 saturated heterocycles. The number of nitrogens with two attached hydrogens (primary N) is 1. The van der Waals surface area contributed by atoms with Gasteiger partial charge < -0.3 is 5.73 Å². The fraction of sp³-hybridized carbons (Fsp3) is 0. The van der Waals surface area contributed by atoms with Gasteiger partial charge in [-0.15, -0.1) is 0 Å². The van der Waals surface area contributed by atoms with E-state index in [0.717, 1.165) is 6.20 Å². The van der Waals surface area contributed by atoms with Crippen molar-refractivity contribution in [2.75, 3.05) is 5.73 Å². The van der Waals surface area contributed by atoms with Crippen LogP contribution >= 0.6 is 0 Å². The normalized spacial score (nSPS) is 10.5. The van der Waals surface area contributed by atoms with Gasteiger partial charge in [0.25, 0.3) is 5.69 Å². The molecule has 2 aromatic heterocycles. The number of nitrogen functional groups attached to an aromatic ring is 1. The molecule has 0 saturated carbocycles. The van der Waals surface area contributed by atoms with Crippen LogP contribution in [0.4, 0.5) is 11.5 Å². The number of aromatic amines is 1. The Balaban J connectivity index is 2.72. The van der Waals surface area contributed by atoms with Gasteiger partial charge in [-0.3, -0.25) is 15.2 Å². The van der Waals surface area contributed by atoms with Gasteiger partial charge in [0.05, 0.1) is 10.3 Å². The second kappa shape index (κ2) is 2.41. The number of rotatable bonds is 1. The molecular formula is C6H5N5O2. The fourth-order valence-electron chi connectivity index (χ4n) is 1.01. The van der Waals surface area contributed by atoms with E-state index in [1.54, 1.807) is 0 Å². The second-order valence-corrected chi connectivity index (χ2v) is 2.46. The summed E-state index contributed by atoms with van der Waals surface area (Å²) in [5.74, 6) is 0.214. The highest BCUT2D eigenvalue weighted by Gasteiger charge is 2.10. The van der Waals surface area contributed by atoms with Gasteiger partial charge in [0, 0.05) is 6.07 Å². The lowest BCUT2D eigenvalue weighted by Crippen LogP contribution is -1.89. The maximum absolute atomic E-state index is 10.4. The Bertz CT molecular complexity index is 477. The molecule has 0 amide bonds. The molecule has 0 bridgehead atoms. The molecular weight excluding hydrogens is 174 g/mol. The van der Waals surface area contributed by atoms with Gasteiger partial charge in [-0.1, -0.05) is 0 Å². The summed E-state index contributed by atoms with van der Waals surface area (Å²) in [6, 6.07) is 1.33. The molecule has 0 spiro atoms. The Kier molecular flexibility index (Phi) is 1.38. The van der Waals surface area contributed by atoms with Crippen molar-refractivity contribution in [1.82, 2.24) is 15.2 Å². The topological polar surface area (TPSA) is 111 Å². The van der Waals surface area contributed by atoms with Crippen LogP contribution in [0.1, 0.15) is 0 Å². The summed E-state index contributed by atoms with van der Waals surface area (Å²) in [6.07, 6.45) is 1.15. The maximum Gasteiger partial charge on any atom is 0.288 e. The minimum atomic E-state index is -0.529. The van der Waals surface area contributed by atoms with E-state index in [9.17, 15) is 10.1 Å². The lowest BCUT2D eigenvalue weighted by molar-refractivity contribution is -0.385. The molecule has 0 unspecified atom stereocenters. The Hall–Kier alpha value is -2.18. The maximum atomic E-state index is 10.4. The lowest BCUT2D eigenvalue weighted by Gasteiger charge is -1.90. The van der Waals surface area contributed by atoms with Crippen LogP contribution in [0.15, 0.2) is 12.3 Å². The predicted molar refractivity (Wildman–Crippen MR) is 45.0 cm³/mol. The quantitative estimate of drug-likeness (QED) is 0.487. The number of nitro groups is 1. The Morgan fingerprint density at radius 3 is 3.08 bits per heavy atom. The number of anilines is 1. The van der Waals surface area contributed by atoms with Gasteiger partial charge in [0.2, 0.25) is 0 Å². The molecule has 13 heavy (non-hydrogen) atoms. The highest BCUT2D eigenvalue weighted by Crippen LogP contribution is 2.20. The summed E-state index contributed by atoms with van der Waals surface area (Å²) < 4.78 is 0. The van der Waals surface area contributed by atoms with Crippen LogP contribution in [0.25, 0.3) is 11.0 Å². The van der Waals surface area contributed by atoms with Crippen molar-refractivity contribution in [2.24, 2.45) is 0 Å². The van der Waals surface area contributed by atoms with Gasteiger partial charge >= 0.3 is 0 Å². The first-order chi connectivity index (χ1) is 6.18. The fourth-order valence-corrected chi connectivity index (χ4v) is 1.01. The molecule has 3 N–H and O–H groups in total. The summed E-state index contributed by atoms with van der Waals surface area (Å²) in [4.78, 5) is 13.6. The van der Waals surface area contributed by atoms with Crippen molar-refractivity contribution in [1.29, 1.82) is 0 Å². The van der Waals surface area contributed by atoms with Crippen LogP contribution in [0.5, 0.6) is 0 Å². The number of pyridine rings is 1. The van der Waals surface area contributed by atoms with Crippen LogP contribution in [-0.4, -0.2) is 20.1 Å². The molecule has 0 aliphatic rings. The van der Waals surface area contributed by atoms with Crippen LogP contribution in [0, 0.1) is 10.1 Å². The van der Waals surface area contributed by atoms with Crippen molar-refractivity contribution in [3.8, 4) is 0 Å². The molecule has 0 fully saturated rings. The molecule has 0 aliphatic heterocycles. The third kappa shape index (κ3) is 1.06. The lowest BCUT2D eigenvalue weighted by atomic mass is 10.3. The zero-order valence-corrected chi connectivity index (χ0v) is 6.39. The standard InChI is InChI=1S/C6H5N5O2/c7-5-4-1-3(11(12)13)2-8-6(4)10-9-5/h1-2H,(H3,7,8,9,10). The van der Waals surface area contributed by atoms with E-state index in [1.807, 2.05) is 0 Å². The first-order valence-corrected chi connectivity index (χ1v) is 3.42. The van der Waals surface area contributed by atoms with E-state index in [0.29, 0.717) is 11.0 Å². The highest BCUT2D eigenvalue weighted by atomic mass is 16.6. The summed E-state index contributed by atoms with van der Waals surface area (Å²) in [5.41, 5.74) is 5.79. The van der Waals surface area contributed by atoms with E-state index in [1.165, 1.54) is 6.07 Å². The Labute approximate surface area is 71.7 Å². The number of hydrogen-bond acceptors (Lipinski definition) is 5. The molecule has 2 rings (SSSR count). The molecule has 2 heterocycles. The SMILES string of the molecule is Nc1n[nH]c2ncc([N+](=O)[O-])cc12. The summed E-state index contributed by atoms with van der Waals surface area (Å²) >= 11 is 0. The van der Waals surface area contributed by atoms with E-state index < -0.39 is 4.92 Å². The largest absolute Gasteiger partial charge is 0.382 e. The molecule has 7 nitrogen and oxygen atoms in total. The molecule has 7 heteroatoms. The van der Waals surface area contributed by atoms with Gasteiger partial charge in [-0.05, 0) is 0 Å². The Morgan fingerprint density at radius 1 is 1.62 bits per heavy atom. The van der Waals surface area contributed by atoms with Gasteiger partial charge in [-0.25, -0.2) is 4.98 Å². The monoisotopic (exact) mass is 179 g/mol. The van der Waals surface area contributed by atoms with Crippen LogP contribution in [0.2, 0.25) is 0 Å². The van der Waals surface area contributed by atoms with Gasteiger partial charge in [-0.2, -0.15) is 5.10 Å². The third-order valence-corrected chi connectivity index (χ3v) is 1.64. The number of nitrogens with one attached hydrogen (secondary N) is 1. The zero-order chi connectivity index (χ0) is 9.42. The number of hydrogen-bond donors (Lipinski definition) is 2. The molecule has 0 atom stereocenters. The van der Waals surface area contributed by atoms with Crippen molar-refractivity contribution >= 4 is 22.5 Å². The minimum absolute atomic E-state index is 0.0967. The second-order valence-electron chi connectivity index (χ2n) is 2.46. The highest BCUT2D eigenvalue weighted by molar-refractivity contribution is 5.87. The summed E-state index contributed by atoms with van der Waals surface area (Å²) in [6.45, 7) is 0. The van der Waals surface area contributed by atoms with Crippen molar-refractivity contribution in [2.45, 2.75) is 0 Å². The molecule has 0 radical (unpaired) electrons. The van der Waals surface area contributed by atoms with Crippen LogP contribution < -0.4 is 5.73 Å². The molecule has 2 aromatic rings. The zero-order valence-electron chi connectivity index (χ0n) is 6.39. The molecule has 66 valence electrons. The summed E-state index contributed by atoms with van der Waals surface area (Å²) in [7, 11) is 0. The van der Waals surface area contributed by atoms with Gasteiger partial charge in [0.1, 0.15) is 6.20 Å². The number of nitrogens with zero attached hydrogens (tertiary/aromatic N) is 3. The summed E-state index contributed by atoms with van der Waals surface area (Å²) in [5, 5.41) is 17.0. The van der Waals surface area contributed by atoms with Crippen molar-refractivity contribution < 1.29 is 4.92 Å². The van der Waals surface area contributed by atoms with E-state index >= 15 is 0 Å². The average molecular weight is 179 g/mol. The predicted octanol–water partition coefficient (Wildman–Crippen LogP) is 0.448. The first-order valence-electron chi connectivity index (χ1n) is 3.42. The van der Waals surface area contributed by atoms with Crippen LogP contribution in [-0.2, 0) is 0 Å².